The van der Waals surface area contributed by atoms with Crippen molar-refractivity contribution in [2.75, 3.05) is 20.3 Å². The standard InChI is InChI=1S/C18H24N4O2/c1-12-5-7-13(8-6-12)15-10-20-17(21-15)16-4-3-9-22(16)18(23)14(19)11-24-2/h5-8,10,14,16H,3-4,9,11,19H2,1-2H3,(H,20,21)/t14-,16-/m0/s1. The van der Waals surface area contributed by atoms with Crippen LogP contribution in [-0.4, -0.2) is 47.1 Å². The summed E-state index contributed by atoms with van der Waals surface area (Å²) in [7, 11) is 1.55. The topological polar surface area (TPSA) is 84.2 Å². The Labute approximate surface area is 142 Å². The number of likely N-dealkylation sites (tertiary alicyclic amines) is 1. The number of hydrogen-bond acceptors (Lipinski definition) is 4. The summed E-state index contributed by atoms with van der Waals surface area (Å²) in [5.74, 6) is 0.744. The van der Waals surface area contributed by atoms with Gasteiger partial charge in [-0.15, -0.1) is 0 Å². The van der Waals surface area contributed by atoms with Crippen LogP contribution in [0.15, 0.2) is 30.5 Å². The molecule has 3 rings (SSSR count). The maximum absolute atomic E-state index is 12.5. The van der Waals surface area contributed by atoms with Gasteiger partial charge < -0.3 is 20.4 Å². The molecule has 2 aromatic rings. The van der Waals surface area contributed by atoms with E-state index >= 15 is 0 Å². The van der Waals surface area contributed by atoms with Gasteiger partial charge >= 0.3 is 0 Å². The summed E-state index contributed by atoms with van der Waals surface area (Å²) in [5.41, 5.74) is 9.18. The minimum absolute atomic E-state index is 0.0420. The van der Waals surface area contributed by atoms with Crippen molar-refractivity contribution in [2.24, 2.45) is 5.73 Å². The van der Waals surface area contributed by atoms with Gasteiger partial charge in [-0.2, -0.15) is 0 Å². The molecule has 1 aromatic heterocycles. The highest BCUT2D eigenvalue weighted by Crippen LogP contribution is 2.31. The van der Waals surface area contributed by atoms with Gasteiger partial charge in [0.2, 0.25) is 5.91 Å². The first-order valence-corrected chi connectivity index (χ1v) is 8.27. The van der Waals surface area contributed by atoms with Gasteiger partial charge in [-0.1, -0.05) is 29.8 Å². The quantitative estimate of drug-likeness (QED) is 0.879. The number of ether oxygens (including phenoxy) is 1. The summed E-state index contributed by atoms with van der Waals surface area (Å²) in [6, 6.07) is 7.62. The van der Waals surface area contributed by atoms with E-state index in [9.17, 15) is 4.79 Å². The molecular formula is C18H24N4O2. The number of carbonyl (C=O) groups excluding carboxylic acids is 1. The number of aryl methyl sites for hydroxylation is 1. The highest BCUT2D eigenvalue weighted by atomic mass is 16.5. The van der Waals surface area contributed by atoms with Crippen LogP contribution in [0.5, 0.6) is 0 Å². The third-order valence-electron chi connectivity index (χ3n) is 4.47. The number of hydrogen-bond donors (Lipinski definition) is 2. The molecule has 1 amide bonds. The summed E-state index contributed by atoms with van der Waals surface area (Å²) in [4.78, 5) is 22.2. The monoisotopic (exact) mass is 328 g/mol. The van der Waals surface area contributed by atoms with Crippen LogP contribution >= 0.6 is 0 Å². The van der Waals surface area contributed by atoms with Crippen LogP contribution in [0.3, 0.4) is 0 Å². The van der Waals surface area contributed by atoms with Crippen LogP contribution in [0.25, 0.3) is 11.3 Å². The molecule has 1 aromatic carbocycles. The molecule has 0 spiro atoms. The van der Waals surface area contributed by atoms with Gasteiger partial charge in [0.05, 0.1) is 24.5 Å². The molecule has 1 saturated heterocycles. The SMILES string of the molecule is COC[C@H](N)C(=O)N1CCC[C@H]1c1ncc(-c2ccc(C)cc2)[nH]1. The smallest absolute Gasteiger partial charge is 0.242 e. The van der Waals surface area contributed by atoms with Crippen molar-refractivity contribution in [1.82, 2.24) is 14.9 Å². The van der Waals surface area contributed by atoms with E-state index in [-0.39, 0.29) is 18.6 Å². The lowest BCUT2D eigenvalue weighted by molar-refractivity contribution is -0.134. The molecular weight excluding hydrogens is 304 g/mol. The third-order valence-corrected chi connectivity index (χ3v) is 4.47. The second kappa shape index (κ2) is 7.15. The maximum Gasteiger partial charge on any atom is 0.242 e. The lowest BCUT2D eigenvalue weighted by atomic mass is 10.1. The summed E-state index contributed by atoms with van der Waals surface area (Å²) in [6.45, 7) is 3.00. The minimum atomic E-state index is -0.623. The average Bonchev–Trinajstić information content (AvgIpc) is 3.24. The minimum Gasteiger partial charge on any atom is -0.383 e. The molecule has 0 saturated carbocycles. The molecule has 1 fully saturated rings. The van der Waals surface area contributed by atoms with Crippen molar-refractivity contribution in [3.05, 3.63) is 41.9 Å². The largest absolute Gasteiger partial charge is 0.383 e. The number of imidazole rings is 1. The predicted octanol–water partition coefficient (Wildman–Crippen LogP) is 2.02. The van der Waals surface area contributed by atoms with Crippen LogP contribution in [0.1, 0.15) is 30.3 Å². The number of aromatic nitrogens is 2. The average molecular weight is 328 g/mol. The van der Waals surface area contributed by atoms with Crippen molar-refractivity contribution in [1.29, 1.82) is 0 Å². The number of H-pyrrole nitrogens is 1. The molecule has 1 aliphatic rings. The highest BCUT2D eigenvalue weighted by molar-refractivity contribution is 5.82. The number of methoxy groups -OCH3 is 1. The molecule has 2 heterocycles. The molecule has 6 nitrogen and oxygen atoms in total. The number of amides is 1. The first-order chi connectivity index (χ1) is 11.6. The summed E-state index contributed by atoms with van der Waals surface area (Å²) in [5, 5.41) is 0. The molecule has 0 bridgehead atoms. The molecule has 6 heteroatoms. The van der Waals surface area contributed by atoms with Gasteiger partial charge in [0.15, 0.2) is 0 Å². The second-order valence-electron chi connectivity index (χ2n) is 6.30. The Morgan fingerprint density at radius 3 is 2.92 bits per heavy atom. The lowest BCUT2D eigenvalue weighted by Gasteiger charge is -2.26. The second-order valence-corrected chi connectivity index (χ2v) is 6.30. The summed E-state index contributed by atoms with van der Waals surface area (Å²) >= 11 is 0. The molecule has 2 atom stereocenters. The number of nitrogens with two attached hydrogens (primary N) is 1. The van der Waals surface area contributed by atoms with E-state index in [2.05, 4.69) is 41.2 Å². The van der Waals surface area contributed by atoms with Crippen LogP contribution < -0.4 is 5.73 Å². The zero-order valence-corrected chi connectivity index (χ0v) is 14.2. The van der Waals surface area contributed by atoms with E-state index < -0.39 is 6.04 Å². The van der Waals surface area contributed by atoms with Crippen LogP contribution in [0.2, 0.25) is 0 Å². The first kappa shape index (κ1) is 16.7. The third kappa shape index (κ3) is 3.34. The number of aromatic amines is 1. The van der Waals surface area contributed by atoms with Gasteiger partial charge in [-0.3, -0.25) is 4.79 Å². The van der Waals surface area contributed by atoms with Crippen LogP contribution in [-0.2, 0) is 9.53 Å². The van der Waals surface area contributed by atoms with E-state index in [1.165, 1.54) is 5.56 Å². The van der Waals surface area contributed by atoms with Crippen LogP contribution in [0, 0.1) is 6.92 Å². The van der Waals surface area contributed by atoms with E-state index in [4.69, 9.17) is 10.5 Å². The number of nitrogens with one attached hydrogen (secondary N) is 1. The van der Waals surface area contributed by atoms with Gasteiger partial charge in [-0.25, -0.2) is 4.98 Å². The number of carbonyl (C=O) groups is 1. The Bertz CT molecular complexity index is 695. The van der Waals surface area contributed by atoms with E-state index in [0.29, 0.717) is 6.54 Å². The van der Waals surface area contributed by atoms with E-state index in [1.54, 1.807) is 7.11 Å². The Hall–Kier alpha value is -2.18. The molecule has 0 radical (unpaired) electrons. The number of rotatable bonds is 5. The Kier molecular flexibility index (Phi) is 4.97. The maximum atomic E-state index is 12.5. The fourth-order valence-corrected chi connectivity index (χ4v) is 3.16. The van der Waals surface area contributed by atoms with Crippen molar-refractivity contribution < 1.29 is 9.53 Å². The molecule has 1 aliphatic heterocycles. The zero-order valence-electron chi connectivity index (χ0n) is 14.2. The van der Waals surface area contributed by atoms with Gasteiger partial charge in [0, 0.05) is 13.7 Å². The fourth-order valence-electron chi connectivity index (χ4n) is 3.16. The van der Waals surface area contributed by atoms with Gasteiger partial charge in [0.1, 0.15) is 11.9 Å². The van der Waals surface area contributed by atoms with Crippen LogP contribution in [0.4, 0.5) is 0 Å². The lowest BCUT2D eigenvalue weighted by Crippen LogP contribution is -2.45. The Morgan fingerprint density at radius 2 is 2.21 bits per heavy atom. The normalized spacial score (nSPS) is 18.8. The van der Waals surface area contributed by atoms with Crippen molar-refractivity contribution in [3.8, 4) is 11.3 Å². The first-order valence-electron chi connectivity index (χ1n) is 8.27. The predicted molar refractivity (Wildman–Crippen MR) is 92.3 cm³/mol. The van der Waals surface area contributed by atoms with Gasteiger partial charge in [-0.05, 0) is 25.3 Å². The molecule has 3 N–H and O–H groups in total. The van der Waals surface area contributed by atoms with E-state index in [1.807, 2.05) is 11.1 Å². The Morgan fingerprint density at radius 1 is 1.46 bits per heavy atom. The van der Waals surface area contributed by atoms with Crippen molar-refractivity contribution in [2.45, 2.75) is 31.8 Å². The molecule has 0 unspecified atom stereocenters. The molecule has 0 aliphatic carbocycles. The number of nitrogens with zero attached hydrogens (tertiary/aromatic N) is 2. The van der Waals surface area contributed by atoms with Gasteiger partial charge in [0.25, 0.3) is 0 Å². The highest BCUT2D eigenvalue weighted by Gasteiger charge is 2.34. The summed E-state index contributed by atoms with van der Waals surface area (Å²) < 4.78 is 5.00. The fraction of sp³-hybridized carbons (Fsp3) is 0.444. The Balaban J connectivity index is 1.78. The molecule has 24 heavy (non-hydrogen) atoms. The number of benzene rings is 1. The summed E-state index contributed by atoms with van der Waals surface area (Å²) in [6.07, 6.45) is 3.68. The zero-order chi connectivity index (χ0) is 17.1. The molecule has 128 valence electrons. The van der Waals surface area contributed by atoms with E-state index in [0.717, 1.165) is 29.9 Å². The van der Waals surface area contributed by atoms with Crippen molar-refractivity contribution in [3.63, 3.8) is 0 Å². The van der Waals surface area contributed by atoms with Crippen molar-refractivity contribution >= 4 is 5.91 Å².